The Kier molecular flexibility index (Phi) is 3.50. The first-order valence-corrected chi connectivity index (χ1v) is 7.17. The molecule has 3 rings (SSSR count). The Balaban J connectivity index is 1.95. The van der Waals surface area contributed by atoms with E-state index in [4.69, 9.17) is 4.74 Å². The molecule has 2 fully saturated rings. The molecule has 4 heteroatoms. The minimum Gasteiger partial charge on any atom is -0.469 e. The number of carbonyl (C=O) groups excluding carboxylic acids is 1. The predicted molar refractivity (Wildman–Crippen MR) is 73.8 cm³/mol. The minimum absolute atomic E-state index is 0.136. The second-order valence-electron chi connectivity index (χ2n) is 5.91. The van der Waals surface area contributed by atoms with Crippen molar-refractivity contribution in [2.45, 2.75) is 37.3 Å². The van der Waals surface area contributed by atoms with Crippen molar-refractivity contribution in [3.05, 3.63) is 35.6 Å². The molecule has 2 saturated heterocycles. The molecule has 1 aromatic rings. The fourth-order valence-corrected chi connectivity index (χ4v) is 3.98. The van der Waals surface area contributed by atoms with Gasteiger partial charge >= 0.3 is 5.97 Å². The van der Waals surface area contributed by atoms with Gasteiger partial charge in [0.15, 0.2) is 0 Å². The van der Waals surface area contributed by atoms with E-state index in [1.165, 1.54) is 19.2 Å². The average molecular weight is 277 g/mol. The molecule has 0 aliphatic carbocycles. The summed E-state index contributed by atoms with van der Waals surface area (Å²) in [6.45, 7) is 0. The standard InChI is InChI=1S/C16H20FNO2/c1-18-12-7-8-14(18)15(16(19)20-2)13(9-12)10-3-5-11(17)6-4-10/h3-6,12-15H,7-9H2,1-2H3/t12?,13-,14+,15+/m1/s1. The SMILES string of the molecule is COC(=O)[C@H]1[C@@H](c2ccc(F)cc2)CC2CC[C@@H]1N2C. The van der Waals surface area contributed by atoms with Gasteiger partial charge in [0, 0.05) is 18.0 Å². The topological polar surface area (TPSA) is 29.5 Å². The van der Waals surface area contributed by atoms with Gasteiger partial charge in [0.1, 0.15) is 5.82 Å². The van der Waals surface area contributed by atoms with Crippen LogP contribution in [0.15, 0.2) is 24.3 Å². The van der Waals surface area contributed by atoms with Crippen LogP contribution >= 0.6 is 0 Å². The van der Waals surface area contributed by atoms with Gasteiger partial charge in [-0.05, 0) is 44.0 Å². The summed E-state index contributed by atoms with van der Waals surface area (Å²) in [7, 11) is 3.55. The van der Waals surface area contributed by atoms with Crippen LogP contribution in [0.5, 0.6) is 0 Å². The summed E-state index contributed by atoms with van der Waals surface area (Å²) < 4.78 is 18.1. The van der Waals surface area contributed by atoms with E-state index in [9.17, 15) is 9.18 Å². The van der Waals surface area contributed by atoms with Crippen molar-refractivity contribution in [2.24, 2.45) is 5.92 Å². The second-order valence-corrected chi connectivity index (χ2v) is 5.91. The lowest BCUT2D eigenvalue weighted by Gasteiger charge is -2.41. The molecule has 0 radical (unpaired) electrons. The van der Waals surface area contributed by atoms with E-state index in [-0.39, 0.29) is 29.7 Å². The molecular formula is C16H20FNO2. The fraction of sp³-hybridized carbons (Fsp3) is 0.562. The second kappa shape index (κ2) is 5.17. The molecule has 0 N–H and O–H groups in total. The molecule has 2 aliphatic rings. The Hall–Kier alpha value is -1.42. The molecule has 1 aromatic carbocycles. The van der Waals surface area contributed by atoms with E-state index < -0.39 is 0 Å². The lowest BCUT2D eigenvalue weighted by atomic mass is 9.76. The van der Waals surface area contributed by atoms with Crippen LogP contribution in [0.1, 0.15) is 30.7 Å². The Morgan fingerprint density at radius 3 is 2.65 bits per heavy atom. The van der Waals surface area contributed by atoms with Gasteiger partial charge in [0.25, 0.3) is 0 Å². The predicted octanol–water partition coefficient (Wildman–Crippen LogP) is 2.57. The molecular weight excluding hydrogens is 257 g/mol. The van der Waals surface area contributed by atoms with Crippen LogP contribution in [0.2, 0.25) is 0 Å². The monoisotopic (exact) mass is 277 g/mol. The number of nitrogens with zero attached hydrogens (tertiary/aromatic N) is 1. The van der Waals surface area contributed by atoms with E-state index in [0.717, 1.165) is 24.8 Å². The van der Waals surface area contributed by atoms with Gasteiger partial charge in [-0.2, -0.15) is 0 Å². The third-order valence-electron chi connectivity index (χ3n) is 5.04. The highest BCUT2D eigenvalue weighted by atomic mass is 19.1. The van der Waals surface area contributed by atoms with Gasteiger partial charge in [-0.15, -0.1) is 0 Å². The molecule has 3 nitrogen and oxygen atoms in total. The number of ether oxygens (including phenoxy) is 1. The number of hydrogen-bond donors (Lipinski definition) is 0. The molecule has 2 bridgehead atoms. The summed E-state index contributed by atoms with van der Waals surface area (Å²) in [5.41, 5.74) is 1.05. The number of benzene rings is 1. The van der Waals surface area contributed by atoms with Crippen LogP contribution in [0, 0.1) is 11.7 Å². The van der Waals surface area contributed by atoms with Crippen molar-refractivity contribution in [1.29, 1.82) is 0 Å². The minimum atomic E-state index is -0.237. The number of esters is 1. The zero-order valence-corrected chi connectivity index (χ0v) is 11.9. The maximum Gasteiger partial charge on any atom is 0.310 e. The van der Waals surface area contributed by atoms with Gasteiger partial charge in [-0.25, -0.2) is 4.39 Å². The number of fused-ring (bicyclic) bond motifs is 2. The highest BCUT2D eigenvalue weighted by molar-refractivity contribution is 5.75. The van der Waals surface area contributed by atoms with Gasteiger partial charge in [-0.1, -0.05) is 12.1 Å². The lowest BCUT2D eigenvalue weighted by molar-refractivity contribution is -0.150. The molecule has 20 heavy (non-hydrogen) atoms. The fourth-order valence-electron chi connectivity index (χ4n) is 3.98. The third kappa shape index (κ3) is 2.12. The van der Waals surface area contributed by atoms with Gasteiger partial charge < -0.3 is 4.74 Å². The first-order chi connectivity index (χ1) is 9.61. The number of rotatable bonds is 2. The van der Waals surface area contributed by atoms with Crippen LogP contribution in [-0.2, 0) is 9.53 Å². The van der Waals surface area contributed by atoms with Crippen molar-refractivity contribution in [3.8, 4) is 0 Å². The molecule has 0 saturated carbocycles. The molecule has 1 unspecified atom stereocenters. The molecule has 4 atom stereocenters. The van der Waals surface area contributed by atoms with Crippen molar-refractivity contribution in [3.63, 3.8) is 0 Å². The first kappa shape index (κ1) is 13.6. The maximum atomic E-state index is 13.1. The Labute approximate surface area is 118 Å². The van der Waals surface area contributed by atoms with Crippen molar-refractivity contribution in [2.75, 3.05) is 14.2 Å². The van der Waals surface area contributed by atoms with Crippen LogP contribution in [0.25, 0.3) is 0 Å². The maximum absolute atomic E-state index is 13.1. The quantitative estimate of drug-likeness (QED) is 0.778. The Morgan fingerprint density at radius 2 is 2.00 bits per heavy atom. The van der Waals surface area contributed by atoms with Crippen LogP contribution < -0.4 is 0 Å². The Bertz CT molecular complexity index is 502. The summed E-state index contributed by atoms with van der Waals surface area (Å²) in [4.78, 5) is 14.5. The number of hydrogen-bond acceptors (Lipinski definition) is 3. The smallest absolute Gasteiger partial charge is 0.310 e. The summed E-state index contributed by atoms with van der Waals surface area (Å²) in [5.74, 6) is -0.387. The number of piperidine rings is 1. The number of methoxy groups -OCH3 is 1. The van der Waals surface area contributed by atoms with E-state index in [0.29, 0.717) is 6.04 Å². The third-order valence-corrected chi connectivity index (χ3v) is 5.04. The molecule has 108 valence electrons. The van der Waals surface area contributed by atoms with Gasteiger partial charge in [0.05, 0.1) is 13.0 Å². The summed E-state index contributed by atoms with van der Waals surface area (Å²) in [6.07, 6.45) is 3.11. The van der Waals surface area contributed by atoms with E-state index in [1.54, 1.807) is 12.1 Å². The highest BCUT2D eigenvalue weighted by Gasteiger charge is 2.49. The average Bonchev–Trinajstić information content (AvgIpc) is 2.70. The summed E-state index contributed by atoms with van der Waals surface area (Å²) in [6, 6.07) is 7.34. The van der Waals surface area contributed by atoms with E-state index >= 15 is 0 Å². The number of carbonyl (C=O) groups is 1. The van der Waals surface area contributed by atoms with Gasteiger partial charge in [0.2, 0.25) is 0 Å². The zero-order valence-electron chi connectivity index (χ0n) is 11.9. The molecule has 0 aromatic heterocycles. The largest absolute Gasteiger partial charge is 0.469 e. The van der Waals surface area contributed by atoms with Crippen LogP contribution in [0.4, 0.5) is 4.39 Å². The van der Waals surface area contributed by atoms with Crippen LogP contribution in [0.3, 0.4) is 0 Å². The van der Waals surface area contributed by atoms with Gasteiger partial charge in [-0.3, -0.25) is 9.69 Å². The first-order valence-electron chi connectivity index (χ1n) is 7.17. The van der Waals surface area contributed by atoms with Crippen LogP contribution in [-0.4, -0.2) is 37.1 Å². The summed E-state index contributed by atoms with van der Waals surface area (Å²) >= 11 is 0. The van der Waals surface area contributed by atoms with E-state index in [1.807, 2.05) is 0 Å². The zero-order chi connectivity index (χ0) is 14.3. The van der Waals surface area contributed by atoms with Crippen molar-refractivity contribution < 1.29 is 13.9 Å². The van der Waals surface area contributed by atoms with Crippen molar-refractivity contribution in [1.82, 2.24) is 4.90 Å². The molecule has 0 spiro atoms. The normalized spacial score (nSPS) is 33.1. The molecule has 0 amide bonds. The highest BCUT2D eigenvalue weighted by Crippen LogP contribution is 2.46. The summed E-state index contributed by atoms with van der Waals surface area (Å²) in [5, 5.41) is 0. The van der Waals surface area contributed by atoms with E-state index in [2.05, 4.69) is 11.9 Å². The molecule has 2 aliphatic heterocycles. The van der Waals surface area contributed by atoms with Crippen molar-refractivity contribution >= 4 is 5.97 Å². The number of halogens is 1. The lowest BCUT2D eigenvalue weighted by Crippen LogP contribution is -2.49. The molecule has 2 heterocycles. The Morgan fingerprint density at radius 1 is 1.30 bits per heavy atom.